The molecule has 1 aliphatic carbocycles. The molecule has 1 atom stereocenters. The number of aromatic nitrogens is 2. The molecule has 37 heavy (non-hydrogen) atoms. The van der Waals surface area contributed by atoms with Gasteiger partial charge in [-0.2, -0.15) is 4.98 Å². The van der Waals surface area contributed by atoms with Gasteiger partial charge in [-0.25, -0.2) is 4.98 Å². The third kappa shape index (κ3) is 4.17. The summed E-state index contributed by atoms with van der Waals surface area (Å²) >= 11 is 0. The lowest BCUT2D eigenvalue weighted by Gasteiger charge is -2.40. The second-order valence-corrected chi connectivity index (χ2v) is 10.7. The minimum absolute atomic E-state index is 0.0718. The second kappa shape index (κ2) is 9.48. The van der Waals surface area contributed by atoms with Crippen LogP contribution in [0.5, 0.6) is 5.75 Å². The maximum absolute atomic E-state index is 13.8. The molecule has 1 aromatic carbocycles. The van der Waals surface area contributed by atoms with Gasteiger partial charge in [0.15, 0.2) is 0 Å². The summed E-state index contributed by atoms with van der Waals surface area (Å²) in [4.78, 5) is 42.6. The Balaban J connectivity index is 1.29. The zero-order valence-electron chi connectivity index (χ0n) is 21.6. The predicted molar refractivity (Wildman–Crippen MR) is 142 cm³/mol. The maximum Gasteiger partial charge on any atom is 0.244 e. The Hall–Kier alpha value is -3.40. The fourth-order valence-electron chi connectivity index (χ4n) is 6.26. The van der Waals surface area contributed by atoms with E-state index in [1.54, 1.807) is 13.3 Å². The average molecular weight is 506 g/mol. The van der Waals surface area contributed by atoms with Crippen molar-refractivity contribution in [2.24, 2.45) is 5.41 Å². The van der Waals surface area contributed by atoms with Gasteiger partial charge in [-0.15, -0.1) is 0 Å². The Morgan fingerprint density at radius 3 is 2.62 bits per heavy atom. The van der Waals surface area contributed by atoms with Crippen molar-refractivity contribution in [3.63, 3.8) is 0 Å². The van der Waals surface area contributed by atoms with Gasteiger partial charge in [0.2, 0.25) is 17.8 Å². The highest BCUT2D eigenvalue weighted by Crippen LogP contribution is 2.44. The molecular weight excluding hydrogens is 470 g/mol. The number of piperazine rings is 1. The molecule has 2 amide bonds. The van der Waals surface area contributed by atoms with Crippen LogP contribution in [-0.4, -0.2) is 79.6 Å². The first kappa shape index (κ1) is 24.0. The summed E-state index contributed by atoms with van der Waals surface area (Å²) in [6, 6.07) is 6.12. The van der Waals surface area contributed by atoms with E-state index in [-0.39, 0.29) is 17.9 Å². The maximum atomic E-state index is 13.8. The van der Waals surface area contributed by atoms with Gasteiger partial charge in [0, 0.05) is 68.7 Å². The highest BCUT2D eigenvalue weighted by molar-refractivity contribution is 6.14. The van der Waals surface area contributed by atoms with Crippen molar-refractivity contribution < 1.29 is 14.3 Å². The fourth-order valence-corrected chi connectivity index (χ4v) is 6.26. The zero-order valence-corrected chi connectivity index (χ0v) is 21.6. The second-order valence-electron chi connectivity index (χ2n) is 10.7. The summed E-state index contributed by atoms with van der Waals surface area (Å²) in [5.74, 6) is 1.59. The number of carbonyl (C=O) groups excluding carboxylic acids is 2. The van der Waals surface area contributed by atoms with Crippen LogP contribution in [0.2, 0.25) is 0 Å². The standard InChI is InChI=1S/C27H35N7O3/c1-32-11-13-33(14-12-32)21-8-7-19(15-22(21)37-2)30-26-29-17-18-16-27(9-10-28-24(27)35)25(36)34(23(18)31-26)20-5-3-4-6-20/h7-8,15,17,20H,3-6,9-14,16H2,1-2H3,(H,28,35)(H,29,30,31)/t27-/m1/s1. The third-order valence-electron chi connectivity index (χ3n) is 8.43. The number of hydrogen-bond acceptors (Lipinski definition) is 8. The molecule has 2 saturated heterocycles. The fraction of sp³-hybridized carbons (Fsp3) is 0.556. The van der Waals surface area contributed by atoms with Crippen molar-refractivity contribution in [2.45, 2.75) is 44.6 Å². The molecule has 196 valence electrons. The Morgan fingerprint density at radius 2 is 1.92 bits per heavy atom. The predicted octanol–water partition coefficient (Wildman–Crippen LogP) is 2.32. The number of hydrogen-bond donors (Lipinski definition) is 2. The van der Waals surface area contributed by atoms with E-state index in [2.05, 4.69) is 38.5 Å². The minimum atomic E-state index is -1.03. The van der Waals surface area contributed by atoms with Crippen molar-refractivity contribution in [1.29, 1.82) is 0 Å². The molecule has 6 rings (SSSR count). The molecule has 10 nitrogen and oxygen atoms in total. The smallest absolute Gasteiger partial charge is 0.244 e. The van der Waals surface area contributed by atoms with Crippen molar-refractivity contribution >= 4 is 35.0 Å². The van der Waals surface area contributed by atoms with Crippen LogP contribution in [-0.2, 0) is 16.0 Å². The van der Waals surface area contributed by atoms with Crippen molar-refractivity contribution in [3.05, 3.63) is 30.0 Å². The Labute approximate surface area is 217 Å². The van der Waals surface area contributed by atoms with Crippen LogP contribution >= 0.6 is 0 Å². The molecule has 4 heterocycles. The molecule has 3 fully saturated rings. The number of nitrogens with one attached hydrogen (secondary N) is 2. The van der Waals surface area contributed by atoms with Gasteiger partial charge in [0.25, 0.3) is 0 Å². The first-order valence-electron chi connectivity index (χ1n) is 13.3. The van der Waals surface area contributed by atoms with Gasteiger partial charge in [0.05, 0.1) is 12.8 Å². The Bertz CT molecular complexity index is 1210. The van der Waals surface area contributed by atoms with Gasteiger partial charge in [-0.1, -0.05) is 12.8 Å². The molecule has 1 aromatic heterocycles. The summed E-state index contributed by atoms with van der Waals surface area (Å²) in [6.07, 6.45) is 6.68. The number of amides is 2. The van der Waals surface area contributed by atoms with Crippen molar-refractivity contribution in [3.8, 4) is 5.75 Å². The SMILES string of the molecule is COc1cc(Nc2ncc3c(n2)N(C2CCCC2)C(=O)[C@]2(CCNC2=O)C3)ccc1N1CCN(C)CC1. The highest BCUT2D eigenvalue weighted by Gasteiger charge is 2.56. The van der Waals surface area contributed by atoms with Gasteiger partial charge < -0.3 is 25.2 Å². The van der Waals surface area contributed by atoms with E-state index in [1.165, 1.54) is 0 Å². The van der Waals surface area contributed by atoms with Gasteiger partial charge in [0.1, 0.15) is 17.0 Å². The van der Waals surface area contributed by atoms with Crippen LogP contribution in [0.1, 0.15) is 37.7 Å². The lowest BCUT2D eigenvalue weighted by atomic mass is 9.76. The average Bonchev–Trinajstić information content (AvgIpc) is 3.56. The molecule has 0 radical (unpaired) electrons. The van der Waals surface area contributed by atoms with E-state index in [0.717, 1.165) is 74.6 Å². The lowest BCUT2D eigenvalue weighted by molar-refractivity contribution is -0.140. The zero-order chi connectivity index (χ0) is 25.6. The molecule has 3 aliphatic heterocycles. The van der Waals surface area contributed by atoms with Crippen LogP contribution < -0.4 is 25.2 Å². The summed E-state index contributed by atoms with van der Waals surface area (Å²) in [6.45, 7) is 4.48. The van der Waals surface area contributed by atoms with Crippen molar-refractivity contribution in [2.75, 3.05) is 62.0 Å². The van der Waals surface area contributed by atoms with E-state index in [9.17, 15) is 9.59 Å². The summed E-state index contributed by atoms with van der Waals surface area (Å²) < 4.78 is 5.73. The largest absolute Gasteiger partial charge is 0.495 e. The Morgan fingerprint density at radius 1 is 1.14 bits per heavy atom. The van der Waals surface area contributed by atoms with Gasteiger partial charge in [-0.3, -0.25) is 14.5 Å². The molecule has 1 saturated carbocycles. The van der Waals surface area contributed by atoms with Gasteiger partial charge in [-0.05, 0) is 38.4 Å². The molecule has 0 unspecified atom stereocenters. The van der Waals surface area contributed by atoms with E-state index in [1.807, 2.05) is 17.0 Å². The number of rotatable bonds is 5. The normalized spacial score (nSPS) is 24.5. The first-order valence-corrected chi connectivity index (χ1v) is 13.3. The number of carbonyl (C=O) groups is 2. The van der Waals surface area contributed by atoms with E-state index in [0.29, 0.717) is 31.2 Å². The summed E-state index contributed by atoms with van der Waals surface area (Å²) in [5.41, 5.74) is 1.72. The molecule has 1 spiro atoms. The topological polar surface area (TPSA) is 103 Å². The molecule has 4 aliphatic rings. The van der Waals surface area contributed by atoms with Crippen LogP contribution in [0.3, 0.4) is 0 Å². The molecule has 0 bridgehead atoms. The van der Waals surface area contributed by atoms with Crippen LogP contribution in [0.25, 0.3) is 0 Å². The number of anilines is 4. The number of benzene rings is 1. The van der Waals surface area contributed by atoms with E-state index < -0.39 is 5.41 Å². The quantitative estimate of drug-likeness (QED) is 0.597. The molecule has 2 aromatic rings. The van der Waals surface area contributed by atoms with Crippen LogP contribution in [0.15, 0.2) is 24.4 Å². The number of fused-ring (bicyclic) bond motifs is 1. The Kier molecular flexibility index (Phi) is 6.14. The molecular formula is C27H35N7O3. The van der Waals surface area contributed by atoms with Crippen LogP contribution in [0, 0.1) is 5.41 Å². The number of methoxy groups -OCH3 is 1. The van der Waals surface area contributed by atoms with E-state index >= 15 is 0 Å². The monoisotopic (exact) mass is 505 g/mol. The number of likely N-dealkylation sites (N-methyl/N-ethyl adjacent to an activating group) is 1. The summed E-state index contributed by atoms with van der Waals surface area (Å²) in [7, 11) is 3.83. The summed E-state index contributed by atoms with van der Waals surface area (Å²) in [5, 5.41) is 6.20. The van der Waals surface area contributed by atoms with E-state index in [4.69, 9.17) is 9.72 Å². The van der Waals surface area contributed by atoms with Gasteiger partial charge >= 0.3 is 0 Å². The lowest BCUT2D eigenvalue weighted by Crippen LogP contribution is -2.56. The number of nitrogens with zero attached hydrogens (tertiary/aromatic N) is 5. The minimum Gasteiger partial charge on any atom is -0.495 e. The number of ether oxygens (including phenoxy) is 1. The van der Waals surface area contributed by atoms with Crippen LogP contribution in [0.4, 0.5) is 23.1 Å². The first-order chi connectivity index (χ1) is 18.0. The molecule has 2 N–H and O–H groups in total. The highest BCUT2D eigenvalue weighted by atomic mass is 16.5. The third-order valence-corrected chi connectivity index (χ3v) is 8.43. The van der Waals surface area contributed by atoms with Crippen molar-refractivity contribution in [1.82, 2.24) is 20.2 Å². The molecule has 10 heteroatoms.